The molecule has 2 aromatic carbocycles. The first-order valence-electron chi connectivity index (χ1n) is 9.00. The van der Waals surface area contributed by atoms with E-state index in [0.29, 0.717) is 11.1 Å². The summed E-state index contributed by atoms with van der Waals surface area (Å²) in [6.07, 6.45) is 0.0119. The van der Waals surface area contributed by atoms with Crippen LogP contribution in [0, 0.1) is 15.9 Å². The average Bonchev–Trinajstić information content (AvgIpc) is 2.67. The SMILES string of the molecule is CC(=O)N[C@@H](Cc1cccc(F)c1)C(=O)N[C@@H](Cc1ccc([N+](=O)[O-])cc1)C(N)=O. The number of nitrogens with one attached hydrogen (secondary N) is 2. The fourth-order valence-corrected chi connectivity index (χ4v) is 2.84. The maximum absolute atomic E-state index is 13.4. The van der Waals surface area contributed by atoms with Crippen LogP contribution in [0.1, 0.15) is 18.1 Å². The van der Waals surface area contributed by atoms with E-state index in [9.17, 15) is 28.9 Å². The summed E-state index contributed by atoms with van der Waals surface area (Å²) in [5, 5.41) is 15.7. The molecule has 4 N–H and O–H groups in total. The number of nitrogens with two attached hydrogens (primary N) is 1. The molecule has 0 heterocycles. The lowest BCUT2D eigenvalue weighted by molar-refractivity contribution is -0.384. The minimum atomic E-state index is -1.11. The molecule has 0 aliphatic rings. The summed E-state index contributed by atoms with van der Waals surface area (Å²) in [4.78, 5) is 46.2. The van der Waals surface area contributed by atoms with Crippen molar-refractivity contribution in [3.05, 3.63) is 75.6 Å². The van der Waals surface area contributed by atoms with Gasteiger partial charge in [0.1, 0.15) is 17.9 Å². The van der Waals surface area contributed by atoms with Crippen molar-refractivity contribution in [2.75, 3.05) is 0 Å². The normalized spacial score (nSPS) is 12.5. The number of rotatable bonds is 9. The smallest absolute Gasteiger partial charge is 0.269 e. The number of benzene rings is 2. The number of carbonyl (C=O) groups is 3. The Morgan fingerprint density at radius 1 is 1.03 bits per heavy atom. The lowest BCUT2D eigenvalue weighted by atomic mass is 10.0. The second kappa shape index (κ2) is 10.1. The number of hydrogen-bond donors (Lipinski definition) is 3. The third-order valence-corrected chi connectivity index (χ3v) is 4.27. The average molecular weight is 416 g/mol. The Morgan fingerprint density at radius 3 is 2.20 bits per heavy atom. The van der Waals surface area contributed by atoms with Gasteiger partial charge in [-0.15, -0.1) is 0 Å². The van der Waals surface area contributed by atoms with Crippen molar-refractivity contribution >= 4 is 23.4 Å². The number of nitrogens with zero attached hydrogens (tertiary/aromatic N) is 1. The van der Waals surface area contributed by atoms with E-state index < -0.39 is 40.5 Å². The van der Waals surface area contributed by atoms with E-state index in [-0.39, 0.29) is 18.5 Å². The molecule has 0 saturated heterocycles. The summed E-state index contributed by atoms with van der Waals surface area (Å²) in [5.41, 5.74) is 6.30. The van der Waals surface area contributed by atoms with Crippen LogP contribution in [0.2, 0.25) is 0 Å². The standard InChI is InChI=1S/C20H21FN4O5/c1-12(26)23-18(11-14-3-2-4-15(21)9-14)20(28)24-17(19(22)27)10-13-5-7-16(8-6-13)25(29)30/h2-9,17-18H,10-11H2,1H3,(H2,22,27)(H,23,26)(H,24,28)/t17-,18-/m0/s1. The first-order chi connectivity index (χ1) is 14.2. The second-order valence-corrected chi connectivity index (χ2v) is 6.68. The van der Waals surface area contributed by atoms with Crippen LogP contribution in [0.3, 0.4) is 0 Å². The van der Waals surface area contributed by atoms with Crippen molar-refractivity contribution in [1.29, 1.82) is 0 Å². The third-order valence-electron chi connectivity index (χ3n) is 4.27. The van der Waals surface area contributed by atoms with Crippen LogP contribution in [-0.2, 0) is 27.2 Å². The zero-order chi connectivity index (χ0) is 22.3. The van der Waals surface area contributed by atoms with E-state index in [1.54, 1.807) is 6.07 Å². The van der Waals surface area contributed by atoms with Gasteiger partial charge in [-0.25, -0.2) is 4.39 Å². The number of amides is 3. The van der Waals surface area contributed by atoms with Crippen molar-refractivity contribution in [2.24, 2.45) is 5.73 Å². The molecule has 0 bridgehead atoms. The highest BCUT2D eigenvalue weighted by atomic mass is 19.1. The molecule has 158 valence electrons. The summed E-state index contributed by atoms with van der Waals surface area (Å²) in [6, 6.07) is 8.89. The molecule has 30 heavy (non-hydrogen) atoms. The molecule has 0 radical (unpaired) electrons. The van der Waals surface area contributed by atoms with Crippen molar-refractivity contribution < 1.29 is 23.7 Å². The summed E-state index contributed by atoms with van der Waals surface area (Å²) in [7, 11) is 0. The van der Waals surface area contributed by atoms with Gasteiger partial charge in [0.05, 0.1) is 4.92 Å². The molecule has 9 nitrogen and oxygen atoms in total. The Kier molecular flexibility index (Phi) is 7.56. The van der Waals surface area contributed by atoms with Gasteiger partial charge in [0.15, 0.2) is 0 Å². The minimum Gasteiger partial charge on any atom is -0.368 e. The van der Waals surface area contributed by atoms with Gasteiger partial charge in [-0.1, -0.05) is 24.3 Å². The van der Waals surface area contributed by atoms with Gasteiger partial charge in [-0.2, -0.15) is 0 Å². The van der Waals surface area contributed by atoms with Gasteiger partial charge in [-0.05, 0) is 23.3 Å². The number of halogens is 1. The first kappa shape index (κ1) is 22.5. The van der Waals surface area contributed by atoms with Crippen LogP contribution in [0.5, 0.6) is 0 Å². The van der Waals surface area contributed by atoms with Crippen molar-refractivity contribution in [3.63, 3.8) is 0 Å². The lowest BCUT2D eigenvalue weighted by Gasteiger charge is -2.22. The fraction of sp³-hybridized carbons (Fsp3) is 0.250. The molecular formula is C20H21FN4O5. The Bertz CT molecular complexity index is 948. The van der Waals surface area contributed by atoms with Crippen molar-refractivity contribution in [2.45, 2.75) is 31.8 Å². The first-order valence-corrected chi connectivity index (χ1v) is 9.00. The third kappa shape index (κ3) is 6.66. The van der Waals surface area contributed by atoms with Crippen LogP contribution in [0.15, 0.2) is 48.5 Å². The van der Waals surface area contributed by atoms with Crippen molar-refractivity contribution in [1.82, 2.24) is 10.6 Å². The Morgan fingerprint density at radius 2 is 1.67 bits per heavy atom. The molecule has 0 spiro atoms. The maximum atomic E-state index is 13.4. The van der Waals surface area contributed by atoms with Crippen LogP contribution in [-0.4, -0.2) is 34.7 Å². The van der Waals surface area contributed by atoms with E-state index in [0.717, 1.165) is 0 Å². The monoisotopic (exact) mass is 416 g/mol. The van der Waals surface area contributed by atoms with E-state index in [4.69, 9.17) is 5.73 Å². The molecule has 0 saturated carbocycles. The molecule has 0 aliphatic carbocycles. The number of hydrogen-bond acceptors (Lipinski definition) is 5. The van der Waals surface area contributed by atoms with Crippen LogP contribution in [0.4, 0.5) is 10.1 Å². The predicted molar refractivity (Wildman–Crippen MR) is 106 cm³/mol. The maximum Gasteiger partial charge on any atom is 0.269 e. The molecule has 0 unspecified atom stereocenters. The van der Waals surface area contributed by atoms with Gasteiger partial charge in [0.25, 0.3) is 5.69 Å². The topological polar surface area (TPSA) is 144 Å². The van der Waals surface area contributed by atoms with Crippen LogP contribution in [0.25, 0.3) is 0 Å². The molecule has 10 heteroatoms. The highest BCUT2D eigenvalue weighted by Crippen LogP contribution is 2.13. The van der Waals surface area contributed by atoms with E-state index in [1.807, 2.05) is 0 Å². The quantitative estimate of drug-likeness (QED) is 0.412. The Labute approximate surface area is 171 Å². The largest absolute Gasteiger partial charge is 0.368 e. The fourth-order valence-electron chi connectivity index (χ4n) is 2.84. The van der Waals surface area contributed by atoms with Gasteiger partial charge in [-0.3, -0.25) is 24.5 Å². The number of primary amides is 1. The molecule has 0 aliphatic heterocycles. The van der Waals surface area contributed by atoms with Gasteiger partial charge < -0.3 is 16.4 Å². The molecule has 3 amide bonds. The highest BCUT2D eigenvalue weighted by Gasteiger charge is 2.25. The van der Waals surface area contributed by atoms with Crippen LogP contribution >= 0.6 is 0 Å². The zero-order valence-corrected chi connectivity index (χ0v) is 16.1. The van der Waals surface area contributed by atoms with E-state index in [2.05, 4.69) is 10.6 Å². The van der Waals surface area contributed by atoms with Crippen molar-refractivity contribution in [3.8, 4) is 0 Å². The molecule has 2 aromatic rings. The van der Waals surface area contributed by atoms with Gasteiger partial charge >= 0.3 is 0 Å². The molecular weight excluding hydrogens is 395 g/mol. The summed E-state index contributed by atoms with van der Waals surface area (Å²) < 4.78 is 13.4. The molecule has 0 fully saturated rings. The Hall–Kier alpha value is -3.82. The second-order valence-electron chi connectivity index (χ2n) is 6.68. The zero-order valence-electron chi connectivity index (χ0n) is 16.1. The number of non-ortho nitro benzene ring substituents is 1. The summed E-state index contributed by atoms with van der Waals surface area (Å²) in [6.45, 7) is 1.23. The number of carbonyl (C=O) groups excluding carboxylic acids is 3. The molecule has 2 rings (SSSR count). The van der Waals surface area contributed by atoms with Gasteiger partial charge in [0.2, 0.25) is 17.7 Å². The predicted octanol–water partition coefficient (Wildman–Crippen LogP) is 0.994. The Balaban J connectivity index is 2.13. The summed E-state index contributed by atoms with van der Waals surface area (Å²) >= 11 is 0. The highest BCUT2D eigenvalue weighted by molar-refractivity contribution is 5.91. The number of nitro groups is 1. The molecule has 2 atom stereocenters. The van der Waals surface area contributed by atoms with Gasteiger partial charge in [0, 0.05) is 31.9 Å². The van der Waals surface area contributed by atoms with E-state index in [1.165, 1.54) is 49.4 Å². The van der Waals surface area contributed by atoms with E-state index >= 15 is 0 Å². The van der Waals surface area contributed by atoms with Crippen LogP contribution < -0.4 is 16.4 Å². The summed E-state index contributed by atoms with van der Waals surface area (Å²) in [5.74, 6) is -2.44. The molecule has 0 aromatic heterocycles. The lowest BCUT2D eigenvalue weighted by Crippen LogP contribution is -2.54. The number of nitro benzene ring substituents is 1. The minimum absolute atomic E-state index is 0.00578.